The van der Waals surface area contributed by atoms with Crippen LogP contribution >= 0.6 is 15.9 Å². The number of nitrogens with two attached hydrogens (primary N) is 1. The molecule has 0 spiro atoms. The van der Waals surface area contributed by atoms with Gasteiger partial charge in [-0.1, -0.05) is 100 Å². The van der Waals surface area contributed by atoms with Crippen LogP contribution in [-0.2, 0) is 0 Å². The van der Waals surface area contributed by atoms with Crippen LogP contribution in [-0.4, -0.2) is 24.4 Å². The highest BCUT2D eigenvalue weighted by atomic mass is 79.9. The maximum Gasteiger partial charge on any atom is 0.110 e. The van der Waals surface area contributed by atoms with Crippen LogP contribution < -0.4 is 10.2 Å². The summed E-state index contributed by atoms with van der Waals surface area (Å²) in [4.78, 5) is 2.60. The molecule has 2 aromatic rings. The number of allylic oxidation sites excluding steroid dienone is 6. The summed E-state index contributed by atoms with van der Waals surface area (Å²) in [6.07, 6.45) is 26.4. The Balaban J connectivity index is 1.35. The summed E-state index contributed by atoms with van der Waals surface area (Å²) in [5.74, 6) is 0.408. The van der Waals surface area contributed by atoms with Crippen molar-refractivity contribution >= 4 is 38.0 Å². The molecule has 3 aliphatic carbocycles. The molecule has 170 valence electrons. The van der Waals surface area contributed by atoms with Gasteiger partial charge in [0.25, 0.3) is 0 Å². The first kappa shape index (κ1) is 20.7. The topological polar surface area (TPSA) is 34.0 Å². The molecule has 2 N–H and O–H groups in total. The number of nitrogens with zero attached hydrogens (tertiary/aromatic N) is 2. The van der Waals surface area contributed by atoms with E-state index in [1.54, 1.807) is 0 Å². The van der Waals surface area contributed by atoms with E-state index < -0.39 is 0 Å². The second-order valence-electron chi connectivity index (χ2n) is 9.81. The number of benzene rings is 2. The fraction of sp³-hybridized carbons (Fsp3) is 0.267. The fourth-order valence-corrected chi connectivity index (χ4v) is 6.94. The molecule has 1 saturated heterocycles. The van der Waals surface area contributed by atoms with Gasteiger partial charge in [-0.3, -0.25) is 0 Å². The molecule has 2 aromatic carbocycles. The van der Waals surface area contributed by atoms with Crippen molar-refractivity contribution in [2.24, 2.45) is 5.92 Å². The van der Waals surface area contributed by atoms with Gasteiger partial charge < -0.3 is 15.5 Å². The fourth-order valence-electron chi connectivity index (χ4n) is 6.44. The Bertz CT molecular complexity index is 1340. The van der Waals surface area contributed by atoms with Gasteiger partial charge in [-0.25, -0.2) is 0 Å². The van der Waals surface area contributed by atoms with Crippen molar-refractivity contribution in [3.8, 4) is 0 Å². The molecule has 7 rings (SSSR count). The molecule has 5 aliphatic rings. The van der Waals surface area contributed by atoms with E-state index in [2.05, 4.69) is 117 Å². The van der Waals surface area contributed by atoms with E-state index in [1.165, 1.54) is 33.2 Å². The first-order valence-electron chi connectivity index (χ1n) is 12.4. The third kappa shape index (κ3) is 3.16. The zero-order valence-corrected chi connectivity index (χ0v) is 20.6. The normalized spacial score (nSPS) is 31.2. The van der Waals surface area contributed by atoms with Gasteiger partial charge in [0.1, 0.15) is 6.04 Å². The molecule has 0 saturated carbocycles. The average molecular weight is 510 g/mol. The minimum absolute atomic E-state index is 0.0457. The SMILES string of the molecule is Brc1cccc2c3c(ccc12)N(C1[N-]C(C2=CCCC=C2)C2C=CC=CC2[NH2+]1)C1CC=CC=C31. The largest absolute Gasteiger partial charge is 0.583 e. The van der Waals surface area contributed by atoms with Crippen molar-refractivity contribution in [1.29, 1.82) is 0 Å². The number of halogens is 1. The molecule has 5 atom stereocenters. The Labute approximate surface area is 209 Å². The number of hydrogen-bond donors (Lipinski definition) is 1. The van der Waals surface area contributed by atoms with E-state index in [9.17, 15) is 0 Å². The number of rotatable bonds is 2. The van der Waals surface area contributed by atoms with Crippen LogP contribution in [0.15, 0.2) is 101 Å². The van der Waals surface area contributed by atoms with E-state index in [-0.39, 0.29) is 12.3 Å². The zero-order valence-electron chi connectivity index (χ0n) is 19.0. The molecule has 2 aliphatic heterocycles. The maximum absolute atomic E-state index is 5.56. The third-order valence-electron chi connectivity index (χ3n) is 7.96. The summed E-state index contributed by atoms with van der Waals surface area (Å²) in [5.41, 5.74) is 5.52. The Morgan fingerprint density at radius 3 is 2.82 bits per heavy atom. The predicted molar refractivity (Wildman–Crippen MR) is 145 cm³/mol. The minimum atomic E-state index is 0.0457. The summed E-state index contributed by atoms with van der Waals surface area (Å²) in [6.45, 7) is 0. The van der Waals surface area contributed by atoms with Crippen LogP contribution in [0, 0.1) is 5.92 Å². The lowest BCUT2D eigenvalue weighted by Gasteiger charge is -2.54. The van der Waals surface area contributed by atoms with Crippen molar-refractivity contribution in [2.75, 3.05) is 4.90 Å². The maximum atomic E-state index is 5.56. The molecule has 3 nitrogen and oxygen atoms in total. The second-order valence-corrected chi connectivity index (χ2v) is 10.7. The molecule has 2 heterocycles. The molecule has 0 radical (unpaired) electrons. The quantitative estimate of drug-likeness (QED) is 0.519. The highest BCUT2D eigenvalue weighted by Gasteiger charge is 2.42. The Morgan fingerprint density at radius 1 is 0.971 bits per heavy atom. The minimum Gasteiger partial charge on any atom is -0.583 e. The van der Waals surface area contributed by atoms with Gasteiger partial charge in [-0.2, -0.15) is 0 Å². The van der Waals surface area contributed by atoms with Gasteiger partial charge in [0, 0.05) is 21.6 Å². The summed E-state index contributed by atoms with van der Waals surface area (Å²) >= 11 is 3.78. The number of fused-ring (bicyclic) bond motifs is 6. The molecular formula is C30H28BrN3. The standard InChI is InChI=1S/C30H27BrN3/c31-24-14-8-13-21-20(24)17-18-27-28(21)23-12-5-7-16-26(23)34(27)30-32-25-15-6-4-11-22(25)29(33-30)19-9-2-1-3-10-19/h2,4-15,17-18,22,25-26,29-30,32H,1,3,16H2/q-1/p+1. The van der Waals surface area contributed by atoms with Crippen molar-refractivity contribution in [3.63, 3.8) is 0 Å². The lowest BCUT2D eigenvalue weighted by atomic mass is 9.81. The Morgan fingerprint density at radius 2 is 1.91 bits per heavy atom. The summed E-state index contributed by atoms with van der Waals surface area (Å²) in [6, 6.07) is 12.1. The van der Waals surface area contributed by atoms with E-state index in [0.29, 0.717) is 18.0 Å². The van der Waals surface area contributed by atoms with E-state index in [4.69, 9.17) is 5.32 Å². The molecule has 0 amide bonds. The van der Waals surface area contributed by atoms with Crippen molar-refractivity contribution in [1.82, 2.24) is 0 Å². The number of quaternary nitrogens is 1. The lowest BCUT2D eigenvalue weighted by Crippen LogP contribution is -3.01. The van der Waals surface area contributed by atoms with Crippen LogP contribution in [0.1, 0.15) is 24.8 Å². The Hall–Kier alpha value is -2.66. The molecule has 34 heavy (non-hydrogen) atoms. The smallest absolute Gasteiger partial charge is 0.110 e. The number of hydrogen-bond acceptors (Lipinski definition) is 1. The predicted octanol–water partition coefficient (Wildman–Crippen LogP) is 6.12. The molecule has 1 fully saturated rings. The van der Waals surface area contributed by atoms with Gasteiger partial charge in [0.2, 0.25) is 0 Å². The van der Waals surface area contributed by atoms with Gasteiger partial charge in [0.15, 0.2) is 0 Å². The van der Waals surface area contributed by atoms with Crippen molar-refractivity contribution in [3.05, 3.63) is 112 Å². The first-order chi connectivity index (χ1) is 16.8. The van der Waals surface area contributed by atoms with Crippen LogP contribution in [0.5, 0.6) is 0 Å². The highest BCUT2D eigenvalue weighted by molar-refractivity contribution is 9.10. The van der Waals surface area contributed by atoms with Crippen LogP contribution in [0.2, 0.25) is 0 Å². The van der Waals surface area contributed by atoms with Crippen LogP contribution in [0.3, 0.4) is 0 Å². The molecule has 4 heteroatoms. The zero-order chi connectivity index (χ0) is 22.6. The summed E-state index contributed by atoms with van der Waals surface area (Å²) in [5, 5.41) is 10.7. The van der Waals surface area contributed by atoms with Crippen molar-refractivity contribution in [2.45, 2.75) is 43.7 Å². The molecular weight excluding hydrogens is 482 g/mol. The highest BCUT2D eigenvalue weighted by Crippen LogP contribution is 2.49. The summed E-state index contributed by atoms with van der Waals surface area (Å²) < 4.78 is 1.15. The average Bonchev–Trinajstić information content (AvgIpc) is 3.24. The van der Waals surface area contributed by atoms with E-state index in [1.807, 2.05) is 0 Å². The van der Waals surface area contributed by atoms with E-state index >= 15 is 0 Å². The van der Waals surface area contributed by atoms with Gasteiger partial charge in [0.05, 0.1) is 12.3 Å². The van der Waals surface area contributed by atoms with Gasteiger partial charge in [-0.05, 0) is 53.8 Å². The van der Waals surface area contributed by atoms with Gasteiger partial charge >= 0.3 is 0 Å². The molecule has 0 bridgehead atoms. The first-order valence-corrected chi connectivity index (χ1v) is 13.2. The van der Waals surface area contributed by atoms with Crippen LogP contribution in [0.25, 0.3) is 21.7 Å². The second kappa shape index (κ2) is 8.23. The van der Waals surface area contributed by atoms with Crippen LogP contribution in [0.4, 0.5) is 5.69 Å². The van der Waals surface area contributed by atoms with E-state index in [0.717, 1.165) is 23.7 Å². The molecule has 0 aromatic heterocycles. The van der Waals surface area contributed by atoms with Gasteiger partial charge in [-0.15, -0.1) is 0 Å². The molecule has 5 unspecified atom stereocenters. The third-order valence-corrected chi connectivity index (χ3v) is 8.66. The Kier molecular flexibility index (Phi) is 5.01. The number of anilines is 1. The summed E-state index contributed by atoms with van der Waals surface area (Å²) in [7, 11) is 0. The van der Waals surface area contributed by atoms with Crippen molar-refractivity contribution < 1.29 is 5.32 Å². The monoisotopic (exact) mass is 509 g/mol. The lowest BCUT2D eigenvalue weighted by molar-refractivity contribution is -0.715.